The Balaban J connectivity index is 1.89. The summed E-state index contributed by atoms with van der Waals surface area (Å²) >= 11 is 0. The van der Waals surface area contributed by atoms with Gasteiger partial charge in [-0.15, -0.1) is 0 Å². The third-order valence-electron chi connectivity index (χ3n) is 3.09. The molecule has 0 aliphatic carbocycles. The quantitative estimate of drug-likeness (QED) is 0.842. The number of methoxy groups -OCH3 is 1. The summed E-state index contributed by atoms with van der Waals surface area (Å²) in [5, 5.41) is 7.12. The van der Waals surface area contributed by atoms with E-state index in [9.17, 15) is 0 Å². The van der Waals surface area contributed by atoms with Crippen LogP contribution in [0, 0.1) is 0 Å². The zero-order chi connectivity index (χ0) is 14.4. The second-order valence-corrected chi connectivity index (χ2v) is 4.59. The van der Waals surface area contributed by atoms with Crippen molar-refractivity contribution in [2.24, 2.45) is 0 Å². The van der Waals surface area contributed by atoms with E-state index in [4.69, 9.17) is 14.0 Å². The van der Waals surface area contributed by atoms with Gasteiger partial charge >= 0.3 is 0 Å². The van der Waals surface area contributed by atoms with Gasteiger partial charge in [0.05, 0.1) is 0 Å². The average molecular weight is 276 g/mol. The van der Waals surface area contributed by atoms with E-state index in [0.717, 1.165) is 11.4 Å². The molecule has 0 saturated heterocycles. The third-order valence-corrected chi connectivity index (χ3v) is 3.09. The maximum atomic E-state index is 5.67. The zero-order valence-corrected chi connectivity index (χ0v) is 12.1. The lowest BCUT2D eigenvalue weighted by molar-refractivity contribution is 0.155. The molecule has 1 unspecified atom stereocenters. The van der Waals surface area contributed by atoms with Crippen molar-refractivity contribution in [1.82, 2.24) is 10.5 Å². The molecule has 1 aromatic carbocycles. The topological polar surface area (TPSA) is 56.5 Å². The van der Waals surface area contributed by atoms with E-state index in [1.54, 1.807) is 7.11 Å². The van der Waals surface area contributed by atoms with Crippen molar-refractivity contribution < 1.29 is 14.0 Å². The molecule has 0 bridgehead atoms. The van der Waals surface area contributed by atoms with Crippen LogP contribution in [0.25, 0.3) is 0 Å². The number of ether oxygens (including phenoxy) is 2. The van der Waals surface area contributed by atoms with E-state index in [-0.39, 0.29) is 0 Å². The molecule has 1 heterocycles. The van der Waals surface area contributed by atoms with E-state index in [1.807, 2.05) is 25.2 Å². The van der Waals surface area contributed by atoms with E-state index in [2.05, 4.69) is 29.5 Å². The number of rotatable bonds is 7. The van der Waals surface area contributed by atoms with Crippen molar-refractivity contribution >= 4 is 0 Å². The van der Waals surface area contributed by atoms with Gasteiger partial charge in [-0.3, -0.25) is 0 Å². The first-order valence-electron chi connectivity index (χ1n) is 6.56. The van der Waals surface area contributed by atoms with Gasteiger partial charge in [0, 0.05) is 19.2 Å². The van der Waals surface area contributed by atoms with Crippen molar-refractivity contribution in [3.05, 3.63) is 47.3 Å². The maximum Gasteiger partial charge on any atom is 0.162 e. The van der Waals surface area contributed by atoms with E-state index in [1.165, 1.54) is 5.56 Å². The van der Waals surface area contributed by atoms with Gasteiger partial charge in [0.2, 0.25) is 0 Å². The minimum absolute atomic E-state index is 0.330. The van der Waals surface area contributed by atoms with Gasteiger partial charge in [0.15, 0.2) is 5.76 Å². The number of nitrogens with zero attached hydrogens (tertiary/aromatic N) is 1. The largest absolute Gasteiger partial charge is 0.487 e. The minimum atomic E-state index is 0.330. The second-order valence-electron chi connectivity index (χ2n) is 4.59. The highest BCUT2D eigenvalue weighted by molar-refractivity contribution is 5.29. The van der Waals surface area contributed by atoms with E-state index < -0.39 is 0 Å². The molecule has 0 amide bonds. The summed E-state index contributed by atoms with van der Waals surface area (Å²) in [5.74, 6) is 1.51. The molecule has 1 aromatic heterocycles. The Kier molecular flexibility index (Phi) is 5.15. The molecule has 5 heteroatoms. The Bertz CT molecular complexity index is 522. The molecule has 2 rings (SSSR count). The molecule has 0 saturated carbocycles. The lowest BCUT2D eigenvalue weighted by atomic mass is 10.1. The number of nitrogens with one attached hydrogen (secondary N) is 1. The van der Waals surface area contributed by atoms with Crippen LogP contribution in [0.15, 0.2) is 34.9 Å². The fourth-order valence-corrected chi connectivity index (χ4v) is 1.81. The van der Waals surface area contributed by atoms with Crippen molar-refractivity contribution in [3.63, 3.8) is 0 Å². The van der Waals surface area contributed by atoms with Crippen LogP contribution in [-0.2, 0) is 18.0 Å². The molecule has 1 atom stereocenters. The first-order chi connectivity index (χ1) is 9.72. The average Bonchev–Trinajstić information content (AvgIpc) is 2.93. The van der Waals surface area contributed by atoms with Crippen molar-refractivity contribution in [2.75, 3.05) is 14.2 Å². The summed E-state index contributed by atoms with van der Waals surface area (Å²) in [5.41, 5.74) is 1.98. The summed E-state index contributed by atoms with van der Waals surface area (Å²) in [6.07, 6.45) is 0. The molecule has 0 radical (unpaired) electrons. The Morgan fingerprint density at radius 2 is 2.00 bits per heavy atom. The Morgan fingerprint density at radius 1 is 1.25 bits per heavy atom. The summed E-state index contributed by atoms with van der Waals surface area (Å²) in [4.78, 5) is 0. The van der Waals surface area contributed by atoms with E-state index in [0.29, 0.717) is 25.0 Å². The van der Waals surface area contributed by atoms with Crippen LogP contribution in [0.5, 0.6) is 5.75 Å². The third kappa shape index (κ3) is 3.82. The number of benzene rings is 1. The highest BCUT2D eigenvalue weighted by atomic mass is 16.5. The van der Waals surface area contributed by atoms with Crippen molar-refractivity contribution in [1.29, 1.82) is 0 Å². The van der Waals surface area contributed by atoms with Gasteiger partial charge in [0.1, 0.15) is 24.7 Å². The molecular formula is C15H20N2O3. The molecule has 1 N–H and O–H groups in total. The lowest BCUT2D eigenvalue weighted by Gasteiger charge is -2.11. The van der Waals surface area contributed by atoms with Crippen LogP contribution in [0.2, 0.25) is 0 Å². The van der Waals surface area contributed by atoms with Crippen molar-refractivity contribution in [3.8, 4) is 5.75 Å². The smallest absolute Gasteiger partial charge is 0.162 e. The summed E-state index contributed by atoms with van der Waals surface area (Å²) in [6.45, 7) is 2.92. The standard InChI is InChI=1S/C15H20N2O3/c1-11(16-2)12-4-6-14(7-5-12)19-9-13-8-15(10-18-3)20-17-13/h4-8,11,16H,9-10H2,1-3H3. The van der Waals surface area contributed by atoms with Gasteiger partial charge in [-0.2, -0.15) is 0 Å². The number of aromatic nitrogens is 1. The van der Waals surface area contributed by atoms with Gasteiger partial charge in [-0.05, 0) is 31.7 Å². The fourth-order valence-electron chi connectivity index (χ4n) is 1.81. The highest BCUT2D eigenvalue weighted by Crippen LogP contribution is 2.18. The summed E-state index contributed by atoms with van der Waals surface area (Å²) < 4.78 is 15.7. The van der Waals surface area contributed by atoms with Gasteiger partial charge in [-0.25, -0.2) is 0 Å². The molecular weight excluding hydrogens is 256 g/mol. The lowest BCUT2D eigenvalue weighted by Crippen LogP contribution is -2.11. The molecule has 0 spiro atoms. The zero-order valence-electron chi connectivity index (χ0n) is 12.1. The predicted octanol–water partition coefficient (Wildman–Crippen LogP) is 2.68. The molecule has 20 heavy (non-hydrogen) atoms. The van der Waals surface area contributed by atoms with Gasteiger partial charge < -0.3 is 19.3 Å². The van der Waals surface area contributed by atoms with E-state index >= 15 is 0 Å². The Morgan fingerprint density at radius 3 is 2.65 bits per heavy atom. The molecule has 108 valence electrons. The summed E-state index contributed by atoms with van der Waals surface area (Å²) in [7, 11) is 3.56. The molecule has 0 aliphatic rings. The molecule has 0 aliphatic heterocycles. The van der Waals surface area contributed by atoms with Crippen LogP contribution in [0.3, 0.4) is 0 Å². The molecule has 2 aromatic rings. The highest BCUT2D eigenvalue weighted by Gasteiger charge is 2.06. The molecule has 0 fully saturated rings. The number of hydrogen-bond acceptors (Lipinski definition) is 5. The van der Waals surface area contributed by atoms with Crippen molar-refractivity contribution in [2.45, 2.75) is 26.2 Å². The number of hydrogen-bond donors (Lipinski definition) is 1. The minimum Gasteiger partial charge on any atom is -0.487 e. The fraction of sp³-hybridized carbons (Fsp3) is 0.400. The van der Waals surface area contributed by atoms with Gasteiger partial charge in [0.25, 0.3) is 0 Å². The normalized spacial score (nSPS) is 12.3. The Labute approximate surface area is 118 Å². The SMILES string of the molecule is CNC(C)c1ccc(OCc2cc(COC)on2)cc1. The second kappa shape index (κ2) is 7.07. The molecule has 5 nitrogen and oxygen atoms in total. The van der Waals surface area contributed by atoms with Crippen LogP contribution < -0.4 is 10.1 Å². The van der Waals surface area contributed by atoms with Crippen LogP contribution >= 0.6 is 0 Å². The van der Waals surface area contributed by atoms with Crippen LogP contribution in [0.4, 0.5) is 0 Å². The first-order valence-corrected chi connectivity index (χ1v) is 6.56. The monoisotopic (exact) mass is 276 g/mol. The summed E-state index contributed by atoms with van der Waals surface area (Å²) in [6, 6.07) is 10.2. The maximum absolute atomic E-state index is 5.67. The first kappa shape index (κ1) is 14.6. The van der Waals surface area contributed by atoms with Crippen LogP contribution in [0.1, 0.15) is 30.0 Å². The Hall–Kier alpha value is -1.85. The van der Waals surface area contributed by atoms with Gasteiger partial charge in [-0.1, -0.05) is 17.3 Å². The van der Waals surface area contributed by atoms with Crippen LogP contribution in [-0.4, -0.2) is 19.3 Å². The predicted molar refractivity (Wildman–Crippen MR) is 75.5 cm³/mol.